The highest BCUT2D eigenvalue weighted by atomic mass is 32.1. The van der Waals surface area contributed by atoms with E-state index < -0.39 is 0 Å². The smallest absolute Gasteiger partial charge is 0.0380 e. The van der Waals surface area contributed by atoms with Gasteiger partial charge < -0.3 is 0 Å². The van der Waals surface area contributed by atoms with E-state index in [-0.39, 0.29) is 0 Å². The first kappa shape index (κ1) is 6.17. The lowest BCUT2D eigenvalue weighted by Gasteiger charge is -2.12. The average molecular weight is 129 g/mol. The van der Waals surface area contributed by atoms with Crippen LogP contribution in [0.3, 0.4) is 0 Å². The second-order valence-corrected chi connectivity index (χ2v) is 2.90. The molecule has 1 saturated heterocycles. The quantitative estimate of drug-likeness (QED) is 0.450. The van der Waals surface area contributed by atoms with Crippen LogP contribution in [0.15, 0.2) is 0 Å². The van der Waals surface area contributed by atoms with Crippen molar-refractivity contribution in [3.05, 3.63) is 0 Å². The summed E-state index contributed by atoms with van der Waals surface area (Å²) in [6.45, 7) is 3.31. The summed E-state index contributed by atoms with van der Waals surface area (Å²) in [4.78, 5) is 3.50. The summed E-state index contributed by atoms with van der Waals surface area (Å²) in [7, 11) is 2.12. The van der Waals surface area contributed by atoms with Crippen LogP contribution in [0.25, 0.3) is 0 Å². The summed E-state index contributed by atoms with van der Waals surface area (Å²) in [6, 6.07) is 0.546. The van der Waals surface area contributed by atoms with Gasteiger partial charge in [0.25, 0.3) is 0 Å². The zero-order valence-corrected chi connectivity index (χ0v) is 6.16. The first-order valence-electron chi connectivity index (χ1n) is 2.95. The summed E-state index contributed by atoms with van der Waals surface area (Å²) in [5.74, 6) is 0. The molecule has 0 spiro atoms. The summed E-state index contributed by atoms with van der Waals surface area (Å²) < 4.78 is 0. The molecular weight excluding hydrogens is 118 g/mol. The summed E-state index contributed by atoms with van der Waals surface area (Å²) in [6.07, 6.45) is 1.12. The minimum Gasteiger partial charge on any atom is -0.299 e. The second kappa shape index (κ2) is 2.11. The summed E-state index contributed by atoms with van der Waals surface area (Å²) in [5.41, 5.74) is 0. The molecular formula is C6H11NS. The van der Waals surface area contributed by atoms with Crippen LogP contribution in [0.4, 0.5) is 0 Å². The molecule has 0 aromatic rings. The van der Waals surface area contributed by atoms with Gasteiger partial charge in [-0.3, -0.25) is 4.90 Å². The van der Waals surface area contributed by atoms with Crippen molar-refractivity contribution < 1.29 is 0 Å². The maximum atomic E-state index is 5.08. The molecule has 0 aliphatic carbocycles. The van der Waals surface area contributed by atoms with Gasteiger partial charge in [-0.2, -0.15) is 0 Å². The SMILES string of the molecule is CC1C(=S)CCN1C. The van der Waals surface area contributed by atoms with Gasteiger partial charge in [0, 0.05) is 17.5 Å². The normalized spacial score (nSPS) is 31.8. The van der Waals surface area contributed by atoms with Crippen LogP contribution in [-0.4, -0.2) is 29.4 Å². The van der Waals surface area contributed by atoms with Gasteiger partial charge in [0.05, 0.1) is 0 Å². The molecule has 8 heavy (non-hydrogen) atoms. The van der Waals surface area contributed by atoms with Crippen molar-refractivity contribution in [2.45, 2.75) is 19.4 Å². The molecule has 0 bridgehead atoms. The Morgan fingerprint density at radius 3 is 2.50 bits per heavy atom. The number of likely N-dealkylation sites (tertiary alicyclic amines) is 1. The highest BCUT2D eigenvalue weighted by Gasteiger charge is 2.20. The van der Waals surface area contributed by atoms with Crippen molar-refractivity contribution in [3.8, 4) is 0 Å². The summed E-state index contributed by atoms with van der Waals surface area (Å²) >= 11 is 5.08. The second-order valence-electron chi connectivity index (χ2n) is 2.37. The number of hydrogen-bond acceptors (Lipinski definition) is 2. The third kappa shape index (κ3) is 0.906. The van der Waals surface area contributed by atoms with E-state index in [0.29, 0.717) is 6.04 Å². The summed E-state index contributed by atoms with van der Waals surface area (Å²) in [5, 5.41) is 0. The fraction of sp³-hybridized carbons (Fsp3) is 0.833. The first-order chi connectivity index (χ1) is 3.72. The van der Waals surface area contributed by atoms with Crippen LogP contribution in [0, 0.1) is 0 Å². The Labute approximate surface area is 55.7 Å². The molecule has 0 aromatic carbocycles. The van der Waals surface area contributed by atoms with Crippen LogP contribution in [0.5, 0.6) is 0 Å². The van der Waals surface area contributed by atoms with Crippen molar-refractivity contribution in [1.82, 2.24) is 4.90 Å². The molecule has 0 amide bonds. The molecule has 1 unspecified atom stereocenters. The molecule has 46 valence electrons. The standard InChI is InChI=1S/C6H11NS/c1-5-6(8)3-4-7(5)2/h5H,3-4H2,1-2H3. The zero-order chi connectivity index (χ0) is 6.15. The van der Waals surface area contributed by atoms with E-state index in [0.717, 1.165) is 13.0 Å². The van der Waals surface area contributed by atoms with Gasteiger partial charge in [0.15, 0.2) is 0 Å². The molecule has 1 atom stereocenters. The third-order valence-corrected chi connectivity index (χ3v) is 2.38. The fourth-order valence-electron chi connectivity index (χ4n) is 0.935. The highest BCUT2D eigenvalue weighted by Crippen LogP contribution is 2.10. The van der Waals surface area contributed by atoms with Crippen molar-refractivity contribution in [2.75, 3.05) is 13.6 Å². The van der Waals surface area contributed by atoms with Gasteiger partial charge in [-0.25, -0.2) is 0 Å². The number of hydrogen-bond donors (Lipinski definition) is 0. The van der Waals surface area contributed by atoms with Gasteiger partial charge in [-0.15, -0.1) is 0 Å². The Morgan fingerprint density at radius 2 is 2.38 bits per heavy atom. The monoisotopic (exact) mass is 129 g/mol. The number of rotatable bonds is 0. The average Bonchev–Trinajstić information content (AvgIpc) is 1.98. The minimum atomic E-state index is 0.546. The molecule has 0 saturated carbocycles. The van der Waals surface area contributed by atoms with Crippen molar-refractivity contribution in [2.24, 2.45) is 0 Å². The maximum absolute atomic E-state index is 5.08. The lowest BCUT2D eigenvalue weighted by molar-refractivity contribution is 0.358. The Morgan fingerprint density at radius 1 is 1.75 bits per heavy atom. The van der Waals surface area contributed by atoms with Gasteiger partial charge >= 0.3 is 0 Å². The van der Waals surface area contributed by atoms with Crippen LogP contribution < -0.4 is 0 Å². The number of thiocarbonyl (C=S) groups is 1. The molecule has 1 nitrogen and oxygen atoms in total. The van der Waals surface area contributed by atoms with Crippen molar-refractivity contribution >= 4 is 17.1 Å². The molecule has 0 N–H and O–H groups in total. The lowest BCUT2D eigenvalue weighted by Crippen LogP contribution is -2.24. The molecule has 1 heterocycles. The number of nitrogens with zero attached hydrogens (tertiary/aromatic N) is 1. The van der Waals surface area contributed by atoms with Gasteiger partial charge in [0.1, 0.15) is 0 Å². The largest absolute Gasteiger partial charge is 0.299 e. The van der Waals surface area contributed by atoms with Gasteiger partial charge in [-0.05, 0) is 20.4 Å². The lowest BCUT2D eigenvalue weighted by atomic mass is 10.2. The van der Waals surface area contributed by atoms with Crippen molar-refractivity contribution in [3.63, 3.8) is 0 Å². The molecule has 2 heteroatoms. The van der Waals surface area contributed by atoms with Crippen LogP contribution in [0.2, 0.25) is 0 Å². The molecule has 1 aliphatic rings. The van der Waals surface area contributed by atoms with Crippen LogP contribution in [-0.2, 0) is 0 Å². The Kier molecular flexibility index (Phi) is 1.63. The maximum Gasteiger partial charge on any atom is 0.0380 e. The Bertz CT molecular complexity index is 111. The molecule has 1 fully saturated rings. The van der Waals surface area contributed by atoms with Crippen LogP contribution >= 0.6 is 12.2 Å². The van der Waals surface area contributed by atoms with E-state index in [1.54, 1.807) is 0 Å². The zero-order valence-electron chi connectivity index (χ0n) is 5.35. The third-order valence-electron chi connectivity index (χ3n) is 1.84. The molecule has 1 aliphatic heterocycles. The fourth-order valence-corrected chi connectivity index (χ4v) is 1.21. The highest BCUT2D eigenvalue weighted by molar-refractivity contribution is 7.80. The van der Waals surface area contributed by atoms with Gasteiger partial charge in [0.2, 0.25) is 0 Å². The molecule has 0 radical (unpaired) electrons. The van der Waals surface area contributed by atoms with E-state index in [2.05, 4.69) is 18.9 Å². The van der Waals surface area contributed by atoms with E-state index >= 15 is 0 Å². The van der Waals surface area contributed by atoms with Crippen molar-refractivity contribution in [1.29, 1.82) is 0 Å². The first-order valence-corrected chi connectivity index (χ1v) is 3.35. The van der Waals surface area contributed by atoms with Crippen LogP contribution in [0.1, 0.15) is 13.3 Å². The predicted octanol–water partition coefficient (Wildman–Crippen LogP) is 1.08. The van der Waals surface area contributed by atoms with Gasteiger partial charge in [-0.1, -0.05) is 12.2 Å². The topological polar surface area (TPSA) is 3.24 Å². The predicted molar refractivity (Wildman–Crippen MR) is 39.3 cm³/mol. The van der Waals surface area contributed by atoms with E-state index in [1.165, 1.54) is 4.86 Å². The van der Waals surface area contributed by atoms with E-state index in [9.17, 15) is 0 Å². The Hall–Kier alpha value is 0.0500. The van der Waals surface area contributed by atoms with E-state index in [1.807, 2.05) is 0 Å². The minimum absolute atomic E-state index is 0.546. The Balaban J connectivity index is 2.56. The molecule has 1 rings (SSSR count). The van der Waals surface area contributed by atoms with E-state index in [4.69, 9.17) is 12.2 Å². The molecule has 0 aromatic heterocycles.